The number of benzene rings is 1. The van der Waals surface area contributed by atoms with Crippen molar-refractivity contribution in [1.29, 1.82) is 0 Å². The summed E-state index contributed by atoms with van der Waals surface area (Å²) in [5.41, 5.74) is 2.59. The topological polar surface area (TPSA) is 60.9 Å². The van der Waals surface area contributed by atoms with Crippen molar-refractivity contribution in [1.82, 2.24) is 9.80 Å². The number of hydrogen-bond donors (Lipinski definition) is 0. The fourth-order valence-corrected chi connectivity index (χ4v) is 4.33. The molecule has 0 bridgehead atoms. The minimum Gasteiger partial charge on any atom is -0.339 e. The first kappa shape index (κ1) is 21.7. The largest absolute Gasteiger partial charge is 0.339 e. The van der Waals surface area contributed by atoms with Gasteiger partial charge < -0.3 is 9.80 Å². The second kappa shape index (κ2) is 8.61. The number of amides is 1. The number of piperazine rings is 1. The number of likely N-dealkylation sites (N-methyl/N-ethyl adjacent to an activating group) is 1. The molecule has 0 N–H and O–H groups in total. The molecule has 0 aromatic heterocycles. The van der Waals surface area contributed by atoms with Crippen LogP contribution in [0.1, 0.15) is 50.7 Å². The number of nitrogens with zero attached hydrogens (tertiary/aromatic N) is 3. The van der Waals surface area contributed by atoms with E-state index in [1.807, 2.05) is 52.9 Å². The van der Waals surface area contributed by atoms with Gasteiger partial charge in [-0.2, -0.15) is 0 Å². The second-order valence-electron chi connectivity index (χ2n) is 8.05. The van der Waals surface area contributed by atoms with Crippen molar-refractivity contribution in [3.8, 4) is 0 Å². The molecule has 1 aromatic carbocycles. The maximum absolute atomic E-state index is 12.9. The Hall–Kier alpha value is -1.60. The van der Waals surface area contributed by atoms with Crippen LogP contribution in [0, 0.1) is 0 Å². The van der Waals surface area contributed by atoms with Crippen LogP contribution in [0.4, 0.5) is 5.69 Å². The summed E-state index contributed by atoms with van der Waals surface area (Å²) in [6.45, 7) is 10.9. The SMILES string of the molecule is CC(C)c1cccc(C(C)C)c1N(CC(=O)N1CCN(C)CC1)S(C)(=O)=O. The van der Waals surface area contributed by atoms with Crippen molar-refractivity contribution in [2.24, 2.45) is 0 Å². The van der Waals surface area contributed by atoms with Gasteiger partial charge in [-0.1, -0.05) is 45.9 Å². The smallest absolute Gasteiger partial charge is 0.243 e. The Morgan fingerprint density at radius 1 is 1.04 bits per heavy atom. The zero-order valence-corrected chi connectivity index (χ0v) is 18.2. The van der Waals surface area contributed by atoms with Gasteiger partial charge in [0.2, 0.25) is 15.9 Å². The molecule has 27 heavy (non-hydrogen) atoms. The highest BCUT2D eigenvalue weighted by Gasteiger charge is 2.30. The second-order valence-corrected chi connectivity index (χ2v) is 9.95. The van der Waals surface area contributed by atoms with Crippen LogP contribution in [0.5, 0.6) is 0 Å². The lowest BCUT2D eigenvalue weighted by atomic mass is 9.92. The third-order valence-electron chi connectivity index (χ3n) is 5.13. The molecule has 1 fully saturated rings. The maximum Gasteiger partial charge on any atom is 0.243 e. The van der Waals surface area contributed by atoms with E-state index in [1.165, 1.54) is 10.6 Å². The summed E-state index contributed by atoms with van der Waals surface area (Å²) < 4.78 is 26.7. The van der Waals surface area contributed by atoms with E-state index in [-0.39, 0.29) is 24.3 Å². The van der Waals surface area contributed by atoms with Crippen LogP contribution in [0.15, 0.2) is 18.2 Å². The lowest BCUT2D eigenvalue weighted by molar-refractivity contribution is -0.131. The quantitative estimate of drug-likeness (QED) is 0.742. The average molecular weight is 396 g/mol. The Labute approximate surface area is 164 Å². The van der Waals surface area contributed by atoms with E-state index in [9.17, 15) is 13.2 Å². The maximum atomic E-state index is 12.9. The van der Waals surface area contributed by atoms with Crippen molar-refractivity contribution in [2.75, 3.05) is 50.3 Å². The van der Waals surface area contributed by atoms with Crippen molar-refractivity contribution in [2.45, 2.75) is 39.5 Å². The van der Waals surface area contributed by atoms with Crippen molar-refractivity contribution >= 4 is 21.6 Å². The summed E-state index contributed by atoms with van der Waals surface area (Å²) >= 11 is 0. The molecule has 1 heterocycles. The van der Waals surface area contributed by atoms with E-state index in [2.05, 4.69) is 4.90 Å². The fraction of sp³-hybridized carbons (Fsp3) is 0.650. The Balaban J connectivity index is 2.45. The van der Waals surface area contributed by atoms with Crippen LogP contribution >= 0.6 is 0 Å². The van der Waals surface area contributed by atoms with Gasteiger partial charge in [-0.15, -0.1) is 0 Å². The molecule has 0 unspecified atom stereocenters. The highest BCUT2D eigenvalue weighted by molar-refractivity contribution is 7.92. The molecule has 1 amide bonds. The van der Waals surface area contributed by atoms with Crippen molar-refractivity contribution in [3.05, 3.63) is 29.3 Å². The average Bonchev–Trinajstić information content (AvgIpc) is 2.58. The van der Waals surface area contributed by atoms with Crippen LogP contribution in [0.3, 0.4) is 0 Å². The lowest BCUT2D eigenvalue weighted by Crippen LogP contribution is -2.51. The Morgan fingerprint density at radius 3 is 1.93 bits per heavy atom. The Kier molecular flexibility index (Phi) is 6.92. The summed E-state index contributed by atoms with van der Waals surface area (Å²) in [4.78, 5) is 16.8. The number of sulfonamides is 1. The number of rotatable bonds is 6. The molecule has 152 valence electrons. The molecular formula is C20H33N3O3S. The van der Waals surface area contributed by atoms with Gasteiger partial charge in [0.05, 0.1) is 11.9 Å². The standard InChI is InChI=1S/C20H33N3O3S/c1-15(2)17-8-7-9-18(16(3)4)20(17)23(27(6,25)26)14-19(24)22-12-10-21(5)11-13-22/h7-9,15-16H,10-14H2,1-6H3. The van der Waals surface area contributed by atoms with Gasteiger partial charge in [0.1, 0.15) is 6.54 Å². The van der Waals surface area contributed by atoms with Gasteiger partial charge in [-0.05, 0) is 30.0 Å². The van der Waals surface area contributed by atoms with E-state index in [1.54, 1.807) is 4.90 Å². The number of anilines is 1. The lowest BCUT2D eigenvalue weighted by Gasteiger charge is -2.35. The number of para-hydroxylation sites is 1. The van der Waals surface area contributed by atoms with E-state index >= 15 is 0 Å². The fourth-order valence-electron chi connectivity index (χ4n) is 3.44. The summed E-state index contributed by atoms with van der Waals surface area (Å²) in [5, 5.41) is 0. The minimum absolute atomic E-state index is 0.137. The summed E-state index contributed by atoms with van der Waals surface area (Å²) in [6.07, 6.45) is 1.19. The zero-order chi connectivity index (χ0) is 20.4. The van der Waals surface area contributed by atoms with Gasteiger partial charge in [-0.3, -0.25) is 9.10 Å². The van der Waals surface area contributed by atoms with Crippen molar-refractivity contribution in [3.63, 3.8) is 0 Å². The Morgan fingerprint density at radius 2 is 1.52 bits per heavy atom. The van der Waals surface area contributed by atoms with E-state index in [0.29, 0.717) is 18.8 Å². The predicted molar refractivity (Wildman–Crippen MR) is 111 cm³/mol. The molecule has 0 radical (unpaired) electrons. The van der Waals surface area contributed by atoms with Gasteiger partial charge in [0.15, 0.2) is 0 Å². The first-order chi connectivity index (χ1) is 12.5. The molecule has 2 rings (SSSR count). The third kappa shape index (κ3) is 5.23. The third-order valence-corrected chi connectivity index (χ3v) is 6.24. The van der Waals surface area contributed by atoms with Gasteiger partial charge in [-0.25, -0.2) is 8.42 Å². The molecule has 7 heteroatoms. The van der Waals surface area contributed by atoms with Crippen LogP contribution < -0.4 is 4.31 Å². The van der Waals surface area contributed by atoms with Crippen LogP contribution in [0.2, 0.25) is 0 Å². The molecule has 1 saturated heterocycles. The monoisotopic (exact) mass is 395 g/mol. The van der Waals surface area contributed by atoms with Gasteiger partial charge in [0, 0.05) is 26.2 Å². The molecule has 0 saturated carbocycles. The summed E-state index contributed by atoms with van der Waals surface area (Å²) in [6, 6.07) is 5.89. The molecule has 0 atom stereocenters. The van der Waals surface area contributed by atoms with Gasteiger partial charge >= 0.3 is 0 Å². The van der Waals surface area contributed by atoms with Crippen LogP contribution in [0.25, 0.3) is 0 Å². The molecule has 1 aliphatic heterocycles. The first-order valence-electron chi connectivity index (χ1n) is 9.59. The molecule has 1 aliphatic rings. The number of carbonyl (C=O) groups is 1. The number of hydrogen-bond acceptors (Lipinski definition) is 4. The highest BCUT2D eigenvalue weighted by atomic mass is 32.2. The van der Waals surface area contributed by atoms with Crippen molar-refractivity contribution < 1.29 is 13.2 Å². The highest BCUT2D eigenvalue weighted by Crippen LogP contribution is 2.36. The minimum atomic E-state index is -3.60. The summed E-state index contributed by atoms with van der Waals surface area (Å²) in [5.74, 6) is 0.171. The van der Waals surface area contributed by atoms with E-state index < -0.39 is 10.0 Å². The van der Waals surface area contributed by atoms with Crippen LogP contribution in [-0.4, -0.2) is 70.2 Å². The zero-order valence-electron chi connectivity index (χ0n) is 17.4. The molecule has 1 aromatic rings. The molecule has 6 nitrogen and oxygen atoms in total. The molecular weight excluding hydrogens is 362 g/mol. The predicted octanol–water partition coefficient (Wildman–Crippen LogP) is 2.47. The molecule has 0 spiro atoms. The Bertz CT molecular complexity index is 740. The van der Waals surface area contributed by atoms with Gasteiger partial charge in [0.25, 0.3) is 0 Å². The number of carbonyl (C=O) groups excluding carboxylic acids is 1. The van der Waals surface area contributed by atoms with Crippen LogP contribution in [-0.2, 0) is 14.8 Å². The normalized spacial score (nSPS) is 16.2. The van der Waals surface area contributed by atoms with E-state index in [4.69, 9.17) is 0 Å². The first-order valence-corrected chi connectivity index (χ1v) is 11.4. The summed E-state index contributed by atoms with van der Waals surface area (Å²) in [7, 11) is -1.57. The van der Waals surface area contributed by atoms with E-state index in [0.717, 1.165) is 24.2 Å². The molecule has 0 aliphatic carbocycles.